The number of alkyl halides is 2. The minimum Gasteiger partial charge on any atom is -0.394 e. The van der Waals surface area contributed by atoms with Gasteiger partial charge in [0.1, 0.15) is 5.69 Å². The van der Waals surface area contributed by atoms with E-state index in [1.807, 2.05) is 0 Å². The van der Waals surface area contributed by atoms with Gasteiger partial charge in [-0.25, -0.2) is 8.78 Å². The highest BCUT2D eigenvalue weighted by molar-refractivity contribution is 5.70. The van der Waals surface area contributed by atoms with Gasteiger partial charge >= 0.3 is 0 Å². The van der Waals surface area contributed by atoms with Gasteiger partial charge in [0.25, 0.3) is 11.5 Å². The number of H-pyrrole nitrogens is 1. The third-order valence-electron chi connectivity index (χ3n) is 2.83. The Morgan fingerprint density at radius 3 is 2.90 bits per heavy atom. The molecule has 20 heavy (non-hydrogen) atoms. The monoisotopic (exact) mass is 291 g/mol. The Morgan fingerprint density at radius 2 is 2.25 bits per heavy atom. The fraction of sp³-hybridized carbons (Fsp3) is 0.600. The van der Waals surface area contributed by atoms with Gasteiger partial charge in [-0.15, -0.1) is 0 Å². The molecule has 0 radical (unpaired) electrons. The number of aliphatic hydroxyl groups excluding tert-OH is 2. The molecule has 0 fully saturated rings. The van der Waals surface area contributed by atoms with Crippen LogP contribution in [-0.4, -0.2) is 52.0 Å². The van der Waals surface area contributed by atoms with Crippen LogP contribution < -0.4 is 21.5 Å². The zero-order chi connectivity index (χ0) is 14.9. The molecule has 1 aliphatic heterocycles. The van der Waals surface area contributed by atoms with E-state index in [1.54, 1.807) is 0 Å². The summed E-state index contributed by atoms with van der Waals surface area (Å²) in [6.07, 6.45) is -2.38. The van der Waals surface area contributed by atoms with E-state index in [2.05, 4.69) is 15.3 Å². The number of halogens is 2. The molecule has 0 amide bonds. The lowest BCUT2D eigenvalue weighted by Gasteiger charge is -2.25. The van der Waals surface area contributed by atoms with Crippen molar-refractivity contribution in [1.29, 1.82) is 0 Å². The normalized spacial score (nSPS) is 15.9. The van der Waals surface area contributed by atoms with Gasteiger partial charge in [0, 0.05) is 6.42 Å². The Kier molecular flexibility index (Phi) is 3.77. The van der Waals surface area contributed by atoms with Gasteiger partial charge in [-0.3, -0.25) is 9.78 Å². The average molecular weight is 291 g/mol. The first-order valence-electron chi connectivity index (χ1n) is 5.88. The maximum Gasteiger partial charge on any atom is 0.277 e. The molecule has 2 rings (SSSR count). The minimum atomic E-state index is -3.25. The third-order valence-corrected chi connectivity index (χ3v) is 2.83. The second kappa shape index (κ2) is 5.21. The number of rotatable bonds is 5. The van der Waals surface area contributed by atoms with Crippen molar-refractivity contribution in [2.75, 3.05) is 35.8 Å². The van der Waals surface area contributed by atoms with Gasteiger partial charge in [0.15, 0.2) is 5.82 Å². The summed E-state index contributed by atoms with van der Waals surface area (Å²) < 4.78 is 27.4. The van der Waals surface area contributed by atoms with E-state index in [-0.39, 0.29) is 24.1 Å². The van der Waals surface area contributed by atoms with Crippen LogP contribution in [0.5, 0.6) is 0 Å². The van der Waals surface area contributed by atoms with E-state index in [4.69, 9.17) is 15.9 Å². The molecule has 0 saturated carbocycles. The number of aromatic nitrogens is 2. The van der Waals surface area contributed by atoms with Crippen LogP contribution in [-0.2, 0) is 0 Å². The number of nitrogens with two attached hydrogens (primary N) is 1. The molecule has 0 aromatic carbocycles. The molecule has 1 atom stereocenters. The first-order chi connectivity index (χ1) is 9.32. The van der Waals surface area contributed by atoms with Crippen LogP contribution >= 0.6 is 0 Å². The number of nitrogens with one attached hydrogen (secondary N) is 2. The standard InChI is InChI=1S/C10H15F2N5O3/c11-10(12,1-5(19)2-18)3-17-4-14-6-7(17)15-9(13)16-8(6)20/h5,14,18-19H,1-4H2,(H3,13,15,16,20). The van der Waals surface area contributed by atoms with Gasteiger partial charge in [-0.2, -0.15) is 4.98 Å². The Labute approximate surface area is 112 Å². The second-order valence-corrected chi connectivity index (χ2v) is 4.58. The molecule has 1 aromatic rings. The third kappa shape index (κ3) is 2.96. The summed E-state index contributed by atoms with van der Waals surface area (Å²) in [4.78, 5) is 18.8. The van der Waals surface area contributed by atoms with Crippen LogP contribution in [0.2, 0.25) is 0 Å². The Balaban J connectivity index is 2.16. The van der Waals surface area contributed by atoms with E-state index < -0.39 is 37.2 Å². The summed E-state index contributed by atoms with van der Waals surface area (Å²) in [5.41, 5.74) is 4.93. The number of nitrogens with zero attached hydrogens (tertiary/aromatic N) is 2. The zero-order valence-corrected chi connectivity index (χ0v) is 10.4. The molecule has 1 unspecified atom stereocenters. The second-order valence-electron chi connectivity index (χ2n) is 4.58. The predicted octanol–water partition coefficient (Wildman–Crippen LogP) is -1.08. The van der Waals surface area contributed by atoms with Crippen LogP contribution in [0.4, 0.5) is 26.2 Å². The molecule has 112 valence electrons. The molecule has 0 saturated heterocycles. The topological polar surface area (TPSA) is 128 Å². The average Bonchev–Trinajstić information content (AvgIpc) is 2.71. The predicted molar refractivity (Wildman–Crippen MR) is 67.8 cm³/mol. The van der Waals surface area contributed by atoms with Crippen LogP contribution in [0, 0.1) is 0 Å². The number of fused-ring (bicyclic) bond motifs is 1. The number of aliphatic hydroxyl groups is 2. The van der Waals surface area contributed by atoms with Crippen LogP contribution in [0.25, 0.3) is 0 Å². The number of anilines is 3. The van der Waals surface area contributed by atoms with E-state index in [1.165, 1.54) is 0 Å². The molecule has 6 N–H and O–H groups in total. The van der Waals surface area contributed by atoms with Crippen molar-refractivity contribution in [2.45, 2.75) is 18.4 Å². The first-order valence-corrected chi connectivity index (χ1v) is 5.88. The highest BCUT2D eigenvalue weighted by atomic mass is 19.3. The molecule has 1 aromatic heterocycles. The van der Waals surface area contributed by atoms with Crippen molar-refractivity contribution < 1.29 is 19.0 Å². The van der Waals surface area contributed by atoms with Crippen LogP contribution in [0.3, 0.4) is 0 Å². The summed E-state index contributed by atoms with van der Waals surface area (Å²) in [5, 5.41) is 20.4. The molecule has 0 spiro atoms. The first kappa shape index (κ1) is 14.5. The number of aromatic amines is 1. The lowest BCUT2D eigenvalue weighted by Crippen LogP contribution is -2.40. The van der Waals surface area contributed by atoms with Gasteiger partial charge in [0.2, 0.25) is 5.95 Å². The fourth-order valence-corrected chi connectivity index (χ4v) is 2.00. The Hall–Kier alpha value is -1.94. The lowest BCUT2D eigenvalue weighted by atomic mass is 10.1. The number of hydrogen-bond donors (Lipinski definition) is 5. The number of hydrogen-bond acceptors (Lipinski definition) is 7. The number of nitrogen functional groups attached to an aromatic ring is 1. The SMILES string of the molecule is Nc1nc2c(c(=O)[nH]1)NCN2CC(F)(F)CC(O)CO. The summed E-state index contributed by atoms with van der Waals surface area (Å²) >= 11 is 0. The highest BCUT2D eigenvalue weighted by Crippen LogP contribution is 2.30. The largest absolute Gasteiger partial charge is 0.394 e. The van der Waals surface area contributed by atoms with E-state index >= 15 is 0 Å². The maximum absolute atomic E-state index is 13.7. The van der Waals surface area contributed by atoms with Gasteiger partial charge < -0.3 is 26.2 Å². The van der Waals surface area contributed by atoms with E-state index in [0.717, 1.165) is 4.90 Å². The van der Waals surface area contributed by atoms with E-state index in [0.29, 0.717) is 0 Å². The summed E-state index contributed by atoms with van der Waals surface area (Å²) in [5.74, 6) is -3.37. The molecule has 2 heterocycles. The molecule has 8 nitrogen and oxygen atoms in total. The van der Waals surface area contributed by atoms with Crippen molar-refractivity contribution >= 4 is 17.5 Å². The van der Waals surface area contributed by atoms with Crippen molar-refractivity contribution in [3.05, 3.63) is 10.4 Å². The van der Waals surface area contributed by atoms with Crippen LogP contribution in [0.15, 0.2) is 4.79 Å². The molecule has 0 aliphatic carbocycles. The van der Waals surface area contributed by atoms with Crippen molar-refractivity contribution in [2.24, 2.45) is 0 Å². The summed E-state index contributed by atoms with van der Waals surface area (Å²) in [6, 6.07) is 0. The zero-order valence-electron chi connectivity index (χ0n) is 10.4. The van der Waals surface area contributed by atoms with Crippen molar-refractivity contribution in [1.82, 2.24) is 9.97 Å². The summed E-state index contributed by atoms with van der Waals surface area (Å²) in [7, 11) is 0. The van der Waals surface area contributed by atoms with Gasteiger partial charge in [0.05, 0.1) is 25.9 Å². The summed E-state index contributed by atoms with van der Waals surface area (Å²) in [6.45, 7) is -1.51. The van der Waals surface area contributed by atoms with Crippen molar-refractivity contribution in [3.8, 4) is 0 Å². The maximum atomic E-state index is 13.7. The van der Waals surface area contributed by atoms with Gasteiger partial charge in [-0.05, 0) is 0 Å². The smallest absolute Gasteiger partial charge is 0.277 e. The Bertz CT molecular complexity index is 550. The molecule has 0 bridgehead atoms. The molecule has 10 heteroatoms. The fourth-order valence-electron chi connectivity index (χ4n) is 2.00. The molecule has 1 aliphatic rings. The minimum absolute atomic E-state index is 0.0142. The Morgan fingerprint density at radius 1 is 1.55 bits per heavy atom. The van der Waals surface area contributed by atoms with E-state index in [9.17, 15) is 13.6 Å². The van der Waals surface area contributed by atoms with Gasteiger partial charge in [-0.1, -0.05) is 0 Å². The van der Waals surface area contributed by atoms with Crippen molar-refractivity contribution in [3.63, 3.8) is 0 Å². The quantitative estimate of drug-likeness (QED) is 0.467. The molecular weight excluding hydrogens is 276 g/mol. The lowest BCUT2D eigenvalue weighted by molar-refractivity contribution is -0.0490. The highest BCUT2D eigenvalue weighted by Gasteiger charge is 2.37. The molecular formula is C10H15F2N5O3. The van der Waals surface area contributed by atoms with Crippen LogP contribution in [0.1, 0.15) is 6.42 Å².